The lowest BCUT2D eigenvalue weighted by Gasteiger charge is -2.21. The molecule has 0 aliphatic carbocycles. The smallest absolute Gasteiger partial charge is 0.333 e. The predicted molar refractivity (Wildman–Crippen MR) is 72.7 cm³/mol. The van der Waals surface area contributed by atoms with E-state index < -0.39 is 24.3 Å². The summed E-state index contributed by atoms with van der Waals surface area (Å²) in [6, 6.07) is 0. The molecular formula is C14H22O6. The summed E-state index contributed by atoms with van der Waals surface area (Å²) in [5.41, 5.74) is 0. The van der Waals surface area contributed by atoms with Crippen molar-refractivity contribution in [2.75, 3.05) is 13.2 Å². The van der Waals surface area contributed by atoms with Crippen LogP contribution >= 0.6 is 0 Å². The third kappa shape index (κ3) is 8.44. The molecule has 0 radical (unpaired) electrons. The van der Waals surface area contributed by atoms with Crippen LogP contribution in [0.2, 0.25) is 0 Å². The van der Waals surface area contributed by atoms with Crippen molar-refractivity contribution in [3.8, 4) is 0 Å². The first-order chi connectivity index (χ1) is 9.54. The molecule has 0 fully saturated rings. The summed E-state index contributed by atoms with van der Waals surface area (Å²) in [5.74, 6) is -1.42. The Kier molecular flexibility index (Phi) is 10.3. The molecule has 1 atom stereocenters. The van der Waals surface area contributed by atoms with Crippen LogP contribution in [-0.4, -0.2) is 42.7 Å². The second-order valence-corrected chi connectivity index (χ2v) is 3.88. The molecule has 0 aliphatic rings. The number of hydrogen-bond acceptors (Lipinski definition) is 6. The fraction of sp³-hybridized carbons (Fsp3) is 0.571. The second-order valence-electron chi connectivity index (χ2n) is 3.88. The predicted octanol–water partition coefficient (Wildman–Crippen LogP) is 1.34. The van der Waals surface area contributed by atoms with Crippen molar-refractivity contribution in [1.82, 2.24) is 0 Å². The van der Waals surface area contributed by atoms with E-state index in [1.54, 1.807) is 13.8 Å². The lowest BCUT2D eigenvalue weighted by Crippen LogP contribution is -2.38. The molecule has 0 bridgehead atoms. The van der Waals surface area contributed by atoms with Gasteiger partial charge in [0.15, 0.2) is 6.10 Å². The van der Waals surface area contributed by atoms with Crippen molar-refractivity contribution in [3.63, 3.8) is 0 Å². The average molecular weight is 286 g/mol. The van der Waals surface area contributed by atoms with Gasteiger partial charge in [0.05, 0.1) is 6.61 Å². The molecule has 1 unspecified atom stereocenters. The van der Waals surface area contributed by atoms with Gasteiger partial charge in [-0.25, -0.2) is 9.59 Å². The van der Waals surface area contributed by atoms with Gasteiger partial charge in [0.1, 0.15) is 0 Å². The van der Waals surface area contributed by atoms with Crippen molar-refractivity contribution >= 4 is 11.9 Å². The van der Waals surface area contributed by atoms with Crippen LogP contribution in [0.25, 0.3) is 0 Å². The molecule has 0 aromatic rings. The highest BCUT2D eigenvalue weighted by Crippen LogP contribution is 2.06. The first-order valence-corrected chi connectivity index (χ1v) is 6.47. The van der Waals surface area contributed by atoms with Crippen LogP contribution in [0.15, 0.2) is 24.3 Å². The lowest BCUT2D eigenvalue weighted by atomic mass is 10.3. The molecule has 6 heteroatoms. The number of aliphatic hydroxyl groups excluding tert-OH is 1. The maximum Gasteiger partial charge on any atom is 0.333 e. The summed E-state index contributed by atoms with van der Waals surface area (Å²) in [5, 5.41) is 9.84. The molecule has 0 spiro atoms. The summed E-state index contributed by atoms with van der Waals surface area (Å²) in [4.78, 5) is 22.7. The van der Waals surface area contributed by atoms with Gasteiger partial charge in [0.25, 0.3) is 6.29 Å². The second kappa shape index (κ2) is 11.2. The zero-order valence-corrected chi connectivity index (χ0v) is 12.1. The van der Waals surface area contributed by atoms with Gasteiger partial charge >= 0.3 is 11.9 Å². The fourth-order valence-corrected chi connectivity index (χ4v) is 1.19. The molecule has 0 aromatic carbocycles. The Labute approximate surface area is 119 Å². The normalized spacial score (nSPS) is 14.4. The molecular weight excluding hydrogens is 264 g/mol. The van der Waals surface area contributed by atoms with E-state index in [9.17, 15) is 14.7 Å². The van der Waals surface area contributed by atoms with Crippen LogP contribution in [-0.2, 0) is 23.8 Å². The van der Waals surface area contributed by atoms with E-state index in [4.69, 9.17) is 14.2 Å². The number of aliphatic hydroxyl groups is 1. The monoisotopic (exact) mass is 286 g/mol. The Balaban J connectivity index is 4.58. The van der Waals surface area contributed by atoms with E-state index in [0.29, 0.717) is 6.61 Å². The highest BCUT2D eigenvalue weighted by molar-refractivity contribution is 5.83. The quantitative estimate of drug-likeness (QED) is 0.298. The summed E-state index contributed by atoms with van der Waals surface area (Å²) >= 11 is 0. The fourth-order valence-electron chi connectivity index (χ4n) is 1.19. The third-order valence-electron chi connectivity index (χ3n) is 2.02. The number of carbonyl (C=O) groups is 2. The van der Waals surface area contributed by atoms with Crippen molar-refractivity contribution < 1.29 is 28.9 Å². The van der Waals surface area contributed by atoms with Crippen molar-refractivity contribution in [2.24, 2.45) is 0 Å². The minimum Gasteiger partial charge on any atom is -0.419 e. The van der Waals surface area contributed by atoms with E-state index in [2.05, 4.69) is 0 Å². The SMILES string of the molecule is CC=CC(=O)OC(OC(=O)C=CC)C(O)COCCC. The van der Waals surface area contributed by atoms with Gasteiger partial charge in [-0.2, -0.15) is 0 Å². The molecule has 0 heterocycles. The average Bonchev–Trinajstić information content (AvgIpc) is 2.38. The van der Waals surface area contributed by atoms with Crippen molar-refractivity contribution in [3.05, 3.63) is 24.3 Å². The maximum atomic E-state index is 11.4. The molecule has 1 N–H and O–H groups in total. The Bertz CT molecular complexity index is 322. The van der Waals surface area contributed by atoms with Crippen LogP contribution < -0.4 is 0 Å². The molecule has 0 amide bonds. The van der Waals surface area contributed by atoms with Gasteiger partial charge in [-0.15, -0.1) is 0 Å². The van der Waals surface area contributed by atoms with E-state index in [0.717, 1.165) is 18.6 Å². The van der Waals surface area contributed by atoms with Crippen LogP contribution in [0.4, 0.5) is 0 Å². The molecule has 0 saturated carbocycles. The van der Waals surface area contributed by atoms with E-state index >= 15 is 0 Å². The van der Waals surface area contributed by atoms with Gasteiger partial charge in [-0.1, -0.05) is 19.1 Å². The largest absolute Gasteiger partial charge is 0.419 e. The Morgan fingerprint density at radius 1 is 1.10 bits per heavy atom. The third-order valence-corrected chi connectivity index (χ3v) is 2.02. The van der Waals surface area contributed by atoms with Gasteiger partial charge < -0.3 is 19.3 Å². The van der Waals surface area contributed by atoms with E-state index in [1.165, 1.54) is 12.2 Å². The first kappa shape index (κ1) is 18.3. The number of carbonyl (C=O) groups excluding carboxylic acids is 2. The summed E-state index contributed by atoms with van der Waals surface area (Å²) in [6.45, 7) is 5.56. The number of ether oxygens (including phenoxy) is 3. The molecule has 0 aliphatic heterocycles. The molecule has 0 saturated heterocycles. The van der Waals surface area contributed by atoms with Crippen LogP contribution in [0, 0.1) is 0 Å². The topological polar surface area (TPSA) is 82.1 Å². The van der Waals surface area contributed by atoms with Gasteiger partial charge in [-0.3, -0.25) is 0 Å². The molecule has 20 heavy (non-hydrogen) atoms. The highest BCUT2D eigenvalue weighted by atomic mass is 16.7. The van der Waals surface area contributed by atoms with Gasteiger partial charge in [0.2, 0.25) is 0 Å². The van der Waals surface area contributed by atoms with Crippen LogP contribution in [0.1, 0.15) is 27.2 Å². The number of esters is 2. The number of allylic oxidation sites excluding steroid dienone is 2. The van der Waals surface area contributed by atoms with E-state index in [-0.39, 0.29) is 6.61 Å². The molecule has 114 valence electrons. The minimum atomic E-state index is -1.40. The number of hydrogen-bond donors (Lipinski definition) is 1. The first-order valence-electron chi connectivity index (χ1n) is 6.47. The zero-order chi connectivity index (χ0) is 15.4. The Hall–Kier alpha value is -1.66. The lowest BCUT2D eigenvalue weighted by molar-refractivity contribution is -0.205. The van der Waals surface area contributed by atoms with E-state index in [1.807, 2.05) is 6.92 Å². The molecule has 0 aromatic heterocycles. The zero-order valence-electron chi connectivity index (χ0n) is 12.1. The maximum absolute atomic E-state index is 11.4. The summed E-state index contributed by atoms with van der Waals surface area (Å²) in [6.07, 6.45) is 3.42. The molecule has 0 rings (SSSR count). The van der Waals surface area contributed by atoms with Crippen LogP contribution in [0.5, 0.6) is 0 Å². The highest BCUT2D eigenvalue weighted by Gasteiger charge is 2.26. The van der Waals surface area contributed by atoms with Gasteiger partial charge in [0, 0.05) is 18.8 Å². The summed E-state index contributed by atoms with van der Waals surface area (Å²) in [7, 11) is 0. The van der Waals surface area contributed by atoms with Crippen molar-refractivity contribution in [1.29, 1.82) is 0 Å². The van der Waals surface area contributed by atoms with Crippen LogP contribution in [0.3, 0.4) is 0 Å². The molecule has 6 nitrogen and oxygen atoms in total. The van der Waals surface area contributed by atoms with Gasteiger partial charge in [-0.05, 0) is 20.3 Å². The minimum absolute atomic E-state index is 0.0925. The summed E-state index contributed by atoms with van der Waals surface area (Å²) < 4.78 is 14.9. The standard InChI is InChI=1S/C14H22O6/c1-4-7-12(16)19-14(20-13(17)8-5-2)11(15)10-18-9-6-3/h4-5,7-8,11,14-15H,6,9-10H2,1-3H3. The van der Waals surface area contributed by atoms with Crippen molar-refractivity contribution in [2.45, 2.75) is 39.6 Å². The number of rotatable bonds is 9. The Morgan fingerprint density at radius 2 is 1.60 bits per heavy atom. The Morgan fingerprint density at radius 3 is 2.00 bits per heavy atom.